The van der Waals surface area contributed by atoms with Crippen LogP contribution in [-0.4, -0.2) is 11.8 Å². The largest absolute Gasteiger partial charge is 0.364 e. The van der Waals surface area contributed by atoms with Crippen LogP contribution in [0.5, 0.6) is 0 Å². The van der Waals surface area contributed by atoms with E-state index >= 15 is 0 Å². The summed E-state index contributed by atoms with van der Waals surface area (Å²) in [6.07, 6.45) is 4.95. The Kier molecular flexibility index (Phi) is 5.88. The molecule has 0 saturated heterocycles. The van der Waals surface area contributed by atoms with Crippen molar-refractivity contribution in [2.24, 2.45) is 5.73 Å². The van der Waals surface area contributed by atoms with E-state index in [1.165, 1.54) is 6.08 Å². The number of nitrogens with two attached hydrogens (primary N) is 1. The van der Waals surface area contributed by atoms with E-state index in [4.69, 9.17) is 5.73 Å². The molecule has 0 aliphatic carbocycles. The van der Waals surface area contributed by atoms with Crippen LogP contribution in [0, 0.1) is 0 Å². The molecule has 2 aromatic rings. The molecule has 0 unspecified atom stereocenters. The van der Waals surface area contributed by atoms with Gasteiger partial charge in [0.25, 0.3) is 11.8 Å². The number of rotatable bonds is 5. The van der Waals surface area contributed by atoms with Crippen molar-refractivity contribution in [3.63, 3.8) is 0 Å². The highest BCUT2D eigenvalue weighted by atomic mass is 79.9. The fraction of sp³-hybridized carbons (Fsp3) is 0. The van der Waals surface area contributed by atoms with Gasteiger partial charge in [0.1, 0.15) is 5.70 Å². The Hall–Kier alpha value is -2.66. The van der Waals surface area contributed by atoms with Crippen molar-refractivity contribution in [3.05, 3.63) is 88.0 Å². The Morgan fingerprint density at radius 1 is 1.04 bits per heavy atom. The van der Waals surface area contributed by atoms with Gasteiger partial charge in [-0.05, 0) is 29.8 Å². The van der Waals surface area contributed by atoms with E-state index in [9.17, 15) is 9.59 Å². The Bertz CT molecular complexity index is 768. The highest BCUT2D eigenvalue weighted by Gasteiger charge is 2.11. The minimum atomic E-state index is -0.703. The first-order valence-electron chi connectivity index (χ1n) is 6.86. The SMILES string of the molecule is NC(=O)/C(=C\C=C/c1ccccc1)NC(=O)c1cccc(Br)c1. The Labute approximate surface area is 142 Å². The topological polar surface area (TPSA) is 72.2 Å². The predicted octanol–water partition coefficient (Wildman–Crippen LogP) is 3.26. The van der Waals surface area contributed by atoms with Gasteiger partial charge in [-0.15, -0.1) is 0 Å². The molecule has 2 amide bonds. The maximum Gasteiger partial charge on any atom is 0.265 e. The summed E-state index contributed by atoms with van der Waals surface area (Å²) in [5.74, 6) is -1.10. The highest BCUT2D eigenvalue weighted by Crippen LogP contribution is 2.12. The fourth-order valence-electron chi connectivity index (χ4n) is 1.83. The van der Waals surface area contributed by atoms with Crippen molar-refractivity contribution in [1.29, 1.82) is 0 Å². The molecule has 0 heterocycles. The third-order valence-corrected chi connectivity index (χ3v) is 3.44. The van der Waals surface area contributed by atoms with Crippen molar-refractivity contribution < 1.29 is 9.59 Å². The van der Waals surface area contributed by atoms with Crippen molar-refractivity contribution in [2.75, 3.05) is 0 Å². The molecule has 2 rings (SSSR count). The van der Waals surface area contributed by atoms with Crippen LogP contribution < -0.4 is 11.1 Å². The molecule has 23 heavy (non-hydrogen) atoms. The lowest BCUT2D eigenvalue weighted by Gasteiger charge is -2.06. The molecule has 0 spiro atoms. The van der Waals surface area contributed by atoms with Gasteiger partial charge >= 0.3 is 0 Å². The molecule has 0 saturated carbocycles. The van der Waals surface area contributed by atoms with Gasteiger partial charge in [0.2, 0.25) is 0 Å². The van der Waals surface area contributed by atoms with Gasteiger partial charge in [-0.2, -0.15) is 0 Å². The van der Waals surface area contributed by atoms with Crippen LogP contribution in [0.15, 0.2) is 76.9 Å². The van der Waals surface area contributed by atoms with Crippen molar-refractivity contribution in [3.8, 4) is 0 Å². The van der Waals surface area contributed by atoms with E-state index in [-0.39, 0.29) is 5.70 Å². The Balaban J connectivity index is 2.12. The summed E-state index contributed by atoms with van der Waals surface area (Å²) in [7, 11) is 0. The number of allylic oxidation sites excluding steroid dienone is 2. The summed E-state index contributed by atoms with van der Waals surface area (Å²) in [5.41, 5.74) is 6.74. The summed E-state index contributed by atoms with van der Waals surface area (Å²) in [5, 5.41) is 2.52. The molecule has 0 aliphatic heterocycles. The molecule has 5 heteroatoms. The molecule has 2 aromatic carbocycles. The van der Waals surface area contributed by atoms with E-state index in [2.05, 4.69) is 21.2 Å². The molecule has 0 fully saturated rings. The molecule has 0 radical (unpaired) electrons. The first kappa shape index (κ1) is 16.7. The minimum absolute atomic E-state index is 0.0298. The Morgan fingerprint density at radius 3 is 2.43 bits per heavy atom. The van der Waals surface area contributed by atoms with Crippen LogP contribution in [0.2, 0.25) is 0 Å². The lowest BCUT2D eigenvalue weighted by molar-refractivity contribution is -0.114. The number of halogens is 1. The average Bonchev–Trinajstić information content (AvgIpc) is 2.54. The van der Waals surface area contributed by atoms with Crippen molar-refractivity contribution >= 4 is 33.8 Å². The number of carbonyl (C=O) groups excluding carboxylic acids is 2. The van der Waals surface area contributed by atoms with Crippen LogP contribution in [0.25, 0.3) is 6.08 Å². The number of nitrogens with one attached hydrogen (secondary N) is 1. The molecule has 0 aliphatic rings. The van der Waals surface area contributed by atoms with E-state index in [0.29, 0.717) is 5.56 Å². The normalized spacial score (nSPS) is 11.4. The fourth-order valence-corrected chi connectivity index (χ4v) is 2.23. The third kappa shape index (κ3) is 5.23. The summed E-state index contributed by atoms with van der Waals surface area (Å²) in [6, 6.07) is 16.4. The number of hydrogen-bond acceptors (Lipinski definition) is 2. The number of carbonyl (C=O) groups is 2. The van der Waals surface area contributed by atoms with Crippen LogP contribution in [0.1, 0.15) is 15.9 Å². The van der Waals surface area contributed by atoms with Gasteiger partial charge in [0.15, 0.2) is 0 Å². The summed E-state index contributed by atoms with van der Waals surface area (Å²) in [6.45, 7) is 0. The highest BCUT2D eigenvalue weighted by molar-refractivity contribution is 9.10. The lowest BCUT2D eigenvalue weighted by Crippen LogP contribution is -2.31. The number of primary amides is 1. The van der Waals surface area contributed by atoms with E-state index in [1.54, 1.807) is 24.3 Å². The smallest absolute Gasteiger partial charge is 0.265 e. The maximum absolute atomic E-state index is 12.1. The molecule has 0 atom stereocenters. The zero-order chi connectivity index (χ0) is 16.7. The molecular formula is C18H15BrN2O2. The van der Waals surface area contributed by atoms with E-state index < -0.39 is 11.8 Å². The van der Waals surface area contributed by atoms with E-state index in [1.807, 2.05) is 42.5 Å². The van der Waals surface area contributed by atoms with E-state index in [0.717, 1.165) is 10.0 Å². The molecule has 4 nitrogen and oxygen atoms in total. The van der Waals surface area contributed by atoms with Crippen molar-refractivity contribution in [2.45, 2.75) is 0 Å². The monoisotopic (exact) mass is 370 g/mol. The molecular weight excluding hydrogens is 356 g/mol. The van der Waals surface area contributed by atoms with Crippen LogP contribution in [0.3, 0.4) is 0 Å². The van der Waals surface area contributed by atoms with Gasteiger partial charge in [-0.25, -0.2) is 0 Å². The second kappa shape index (κ2) is 8.10. The number of hydrogen-bond donors (Lipinski definition) is 2. The zero-order valence-electron chi connectivity index (χ0n) is 12.2. The summed E-state index contributed by atoms with van der Waals surface area (Å²) >= 11 is 3.30. The minimum Gasteiger partial charge on any atom is -0.364 e. The van der Waals surface area contributed by atoms with Gasteiger partial charge in [0, 0.05) is 10.0 Å². The molecule has 0 aromatic heterocycles. The summed E-state index contributed by atoms with van der Waals surface area (Å²) in [4.78, 5) is 23.6. The lowest BCUT2D eigenvalue weighted by atomic mass is 10.2. The first-order chi connectivity index (χ1) is 11.1. The number of amides is 2. The quantitative estimate of drug-likeness (QED) is 0.626. The van der Waals surface area contributed by atoms with Gasteiger partial charge in [-0.3, -0.25) is 9.59 Å². The number of benzene rings is 2. The standard InChI is InChI=1S/C18H15BrN2O2/c19-15-10-5-9-14(12-15)18(23)21-16(17(20)22)11-4-8-13-6-2-1-3-7-13/h1-12H,(H2,20,22)(H,21,23)/b8-4-,16-11+. The van der Waals surface area contributed by atoms with Crippen molar-refractivity contribution in [1.82, 2.24) is 5.32 Å². The second-order valence-electron chi connectivity index (χ2n) is 4.68. The van der Waals surface area contributed by atoms with Gasteiger partial charge in [-0.1, -0.05) is 64.5 Å². The predicted molar refractivity (Wildman–Crippen MR) is 94.4 cm³/mol. The Morgan fingerprint density at radius 2 is 1.78 bits per heavy atom. The van der Waals surface area contributed by atoms with Crippen LogP contribution in [0.4, 0.5) is 0 Å². The van der Waals surface area contributed by atoms with Gasteiger partial charge in [0.05, 0.1) is 0 Å². The van der Waals surface area contributed by atoms with Gasteiger partial charge < -0.3 is 11.1 Å². The zero-order valence-corrected chi connectivity index (χ0v) is 13.8. The first-order valence-corrected chi connectivity index (χ1v) is 7.65. The second-order valence-corrected chi connectivity index (χ2v) is 5.59. The summed E-state index contributed by atoms with van der Waals surface area (Å²) < 4.78 is 0.777. The average molecular weight is 371 g/mol. The van der Waals surface area contributed by atoms with Crippen LogP contribution >= 0.6 is 15.9 Å². The maximum atomic E-state index is 12.1. The molecule has 116 valence electrons. The third-order valence-electron chi connectivity index (χ3n) is 2.95. The molecule has 0 bridgehead atoms. The van der Waals surface area contributed by atoms with Crippen LogP contribution in [-0.2, 0) is 4.79 Å². The molecule has 3 N–H and O–H groups in total.